The van der Waals surface area contributed by atoms with E-state index in [1.165, 1.54) is 6.42 Å². The minimum absolute atomic E-state index is 0.0289. The summed E-state index contributed by atoms with van der Waals surface area (Å²) in [5.74, 6) is 1.23. The van der Waals surface area contributed by atoms with Crippen LogP contribution < -0.4 is 0 Å². The molecule has 17 heavy (non-hydrogen) atoms. The first-order valence-electron chi connectivity index (χ1n) is 7.09. The molecule has 0 aromatic heterocycles. The van der Waals surface area contributed by atoms with E-state index in [2.05, 4.69) is 32.9 Å². The van der Waals surface area contributed by atoms with Crippen LogP contribution in [-0.4, -0.2) is 19.5 Å². The normalized spacial score (nSPS) is 33.8. The summed E-state index contributed by atoms with van der Waals surface area (Å²) in [7, 11) is 0. The van der Waals surface area contributed by atoms with Gasteiger partial charge in [0.25, 0.3) is 0 Å². The van der Waals surface area contributed by atoms with Crippen molar-refractivity contribution in [2.75, 3.05) is 13.2 Å². The standard InChI is InChI=1S/C15H26O2/c1-4-15(5-2)10-16-14(17-11-15)13-9-7-6-8-12(13)3/h6-7,12-14H,4-5,8-11H2,1-3H3. The van der Waals surface area contributed by atoms with Gasteiger partial charge in [-0.2, -0.15) is 0 Å². The van der Waals surface area contributed by atoms with E-state index >= 15 is 0 Å². The zero-order valence-electron chi connectivity index (χ0n) is 11.4. The number of hydrogen-bond donors (Lipinski definition) is 0. The van der Waals surface area contributed by atoms with Gasteiger partial charge in [-0.15, -0.1) is 0 Å². The Morgan fingerprint density at radius 3 is 2.18 bits per heavy atom. The fourth-order valence-corrected chi connectivity index (χ4v) is 2.86. The van der Waals surface area contributed by atoms with Crippen LogP contribution in [0.4, 0.5) is 0 Å². The maximum absolute atomic E-state index is 6.03. The van der Waals surface area contributed by atoms with Gasteiger partial charge < -0.3 is 9.47 Å². The van der Waals surface area contributed by atoms with Crippen LogP contribution in [0.25, 0.3) is 0 Å². The van der Waals surface area contributed by atoms with Gasteiger partial charge in [-0.25, -0.2) is 0 Å². The highest BCUT2D eigenvalue weighted by molar-refractivity contribution is 4.95. The van der Waals surface area contributed by atoms with Crippen molar-refractivity contribution in [3.63, 3.8) is 0 Å². The molecule has 1 heterocycles. The maximum atomic E-state index is 6.03. The molecule has 0 aromatic rings. The molecular formula is C15H26O2. The zero-order valence-corrected chi connectivity index (χ0v) is 11.4. The molecular weight excluding hydrogens is 212 g/mol. The maximum Gasteiger partial charge on any atom is 0.160 e. The van der Waals surface area contributed by atoms with Crippen LogP contribution in [0.2, 0.25) is 0 Å². The fraction of sp³-hybridized carbons (Fsp3) is 0.867. The minimum atomic E-state index is 0.0289. The Morgan fingerprint density at radius 1 is 1.06 bits per heavy atom. The van der Waals surface area contributed by atoms with Crippen molar-refractivity contribution in [2.24, 2.45) is 17.3 Å². The molecule has 0 aromatic carbocycles. The predicted octanol–water partition coefficient (Wildman–Crippen LogP) is 3.77. The van der Waals surface area contributed by atoms with Crippen LogP contribution in [0.15, 0.2) is 12.2 Å². The Balaban J connectivity index is 1.92. The first-order chi connectivity index (χ1) is 8.21. The molecule has 0 radical (unpaired) electrons. The largest absolute Gasteiger partial charge is 0.352 e. The second-order valence-corrected chi connectivity index (χ2v) is 5.78. The van der Waals surface area contributed by atoms with Gasteiger partial charge in [0.05, 0.1) is 13.2 Å². The number of ether oxygens (including phenoxy) is 2. The molecule has 2 atom stereocenters. The topological polar surface area (TPSA) is 18.5 Å². The average Bonchev–Trinajstić information content (AvgIpc) is 2.40. The smallest absolute Gasteiger partial charge is 0.160 e. The summed E-state index contributed by atoms with van der Waals surface area (Å²) in [5, 5.41) is 0. The first kappa shape index (κ1) is 13.1. The first-order valence-corrected chi connectivity index (χ1v) is 7.09. The quantitative estimate of drug-likeness (QED) is 0.697. The minimum Gasteiger partial charge on any atom is -0.352 e. The molecule has 2 aliphatic rings. The lowest BCUT2D eigenvalue weighted by atomic mass is 9.81. The second kappa shape index (κ2) is 5.53. The van der Waals surface area contributed by atoms with Crippen molar-refractivity contribution in [2.45, 2.75) is 52.7 Å². The van der Waals surface area contributed by atoms with Gasteiger partial charge >= 0.3 is 0 Å². The SMILES string of the molecule is CCC1(CC)COC(C2CC=CCC2C)OC1. The van der Waals surface area contributed by atoms with E-state index in [9.17, 15) is 0 Å². The van der Waals surface area contributed by atoms with Gasteiger partial charge in [-0.05, 0) is 31.6 Å². The molecule has 2 nitrogen and oxygen atoms in total. The summed E-state index contributed by atoms with van der Waals surface area (Å²) in [6, 6.07) is 0. The lowest BCUT2D eigenvalue weighted by molar-refractivity contribution is -0.257. The molecule has 1 aliphatic carbocycles. The van der Waals surface area contributed by atoms with Crippen LogP contribution in [-0.2, 0) is 9.47 Å². The molecule has 0 saturated carbocycles. The Kier molecular flexibility index (Phi) is 4.26. The molecule has 1 aliphatic heterocycles. The summed E-state index contributed by atoms with van der Waals surface area (Å²) in [4.78, 5) is 0. The molecule has 0 amide bonds. The van der Waals surface area contributed by atoms with Crippen LogP contribution in [0.3, 0.4) is 0 Å². The van der Waals surface area contributed by atoms with E-state index in [0.29, 0.717) is 11.8 Å². The summed E-state index contributed by atoms with van der Waals surface area (Å²) in [6.45, 7) is 8.53. The van der Waals surface area contributed by atoms with Crippen LogP contribution in [0, 0.1) is 17.3 Å². The molecule has 2 heteroatoms. The Hall–Kier alpha value is -0.340. The van der Waals surface area contributed by atoms with Crippen molar-refractivity contribution < 1.29 is 9.47 Å². The molecule has 98 valence electrons. The Morgan fingerprint density at radius 2 is 1.65 bits per heavy atom. The highest BCUT2D eigenvalue weighted by atomic mass is 16.7. The Bertz CT molecular complexity index is 258. The molecule has 0 N–H and O–H groups in total. The van der Waals surface area contributed by atoms with Crippen LogP contribution in [0.5, 0.6) is 0 Å². The van der Waals surface area contributed by atoms with E-state index in [0.717, 1.165) is 32.5 Å². The van der Waals surface area contributed by atoms with E-state index in [4.69, 9.17) is 9.47 Å². The lowest BCUT2D eigenvalue weighted by Crippen LogP contribution is -2.45. The summed E-state index contributed by atoms with van der Waals surface area (Å²) in [6.07, 6.45) is 9.16. The molecule has 2 unspecified atom stereocenters. The third kappa shape index (κ3) is 2.74. The molecule has 0 bridgehead atoms. The predicted molar refractivity (Wildman–Crippen MR) is 69.7 cm³/mol. The summed E-state index contributed by atoms with van der Waals surface area (Å²) < 4.78 is 12.1. The van der Waals surface area contributed by atoms with E-state index < -0.39 is 0 Å². The average molecular weight is 238 g/mol. The summed E-state index contributed by atoms with van der Waals surface area (Å²) in [5.41, 5.74) is 0.268. The van der Waals surface area contributed by atoms with Crippen molar-refractivity contribution in [3.05, 3.63) is 12.2 Å². The summed E-state index contributed by atoms with van der Waals surface area (Å²) >= 11 is 0. The van der Waals surface area contributed by atoms with Gasteiger partial charge in [0.2, 0.25) is 0 Å². The van der Waals surface area contributed by atoms with E-state index in [-0.39, 0.29) is 11.7 Å². The lowest BCUT2D eigenvalue weighted by Gasteiger charge is -2.43. The third-order valence-electron chi connectivity index (χ3n) is 4.77. The fourth-order valence-electron chi connectivity index (χ4n) is 2.86. The van der Waals surface area contributed by atoms with Crippen molar-refractivity contribution in [1.82, 2.24) is 0 Å². The van der Waals surface area contributed by atoms with Crippen LogP contribution >= 0.6 is 0 Å². The zero-order chi connectivity index (χ0) is 12.3. The second-order valence-electron chi connectivity index (χ2n) is 5.78. The van der Waals surface area contributed by atoms with Gasteiger partial charge in [-0.3, -0.25) is 0 Å². The monoisotopic (exact) mass is 238 g/mol. The van der Waals surface area contributed by atoms with E-state index in [1.807, 2.05) is 0 Å². The van der Waals surface area contributed by atoms with Gasteiger partial charge in [0.15, 0.2) is 6.29 Å². The number of hydrogen-bond acceptors (Lipinski definition) is 2. The third-order valence-corrected chi connectivity index (χ3v) is 4.77. The molecule has 2 rings (SSSR count). The van der Waals surface area contributed by atoms with Gasteiger partial charge in [-0.1, -0.05) is 32.9 Å². The van der Waals surface area contributed by atoms with Gasteiger partial charge in [0.1, 0.15) is 0 Å². The van der Waals surface area contributed by atoms with Crippen molar-refractivity contribution >= 4 is 0 Å². The van der Waals surface area contributed by atoms with Crippen LogP contribution in [0.1, 0.15) is 46.5 Å². The number of rotatable bonds is 3. The number of allylic oxidation sites excluding steroid dienone is 2. The van der Waals surface area contributed by atoms with Crippen molar-refractivity contribution in [3.8, 4) is 0 Å². The molecule has 1 saturated heterocycles. The molecule has 1 fully saturated rings. The van der Waals surface area contributed by atoms with Gasteiger partial charge in [0, 0.05) is 11.3 Å². The highest BCUT2D eigenvalue weighted by Gasteiger charge is 2.38. The van der Waals surface area contributed by atoms with Crippen molar-refractivity contribution in [1.29, 1.82) is 0 Å². The molecule has 0 spiro atoms. The van der Waals surface area contributed by atoms with E-state index in [1.54, 1.807) is 0 Å². The Labute approximate surface area is 105 Å². The highest BCUT2D eigenvalue weighted by Crippen LogP contribution is 2.37.